The van der Waals surface area contributed by atoms with Crippen LogP contribution in [0.3, 0.4) is 0 Å². The number of hydrogen-bond donors (Lipinski definition) is 2. The van der Waals surface area contributed by atoms with Gasteiger partial charge < -0.3 is 14.7 Å². The van der Waals surface area contributed by atoms with E-state index < -0.39 is 11.6 Å². The standard InChI is InChI=1S/C15H23N3O4/c1-9-8-18(14(21)22-15(2,3)4)6-5-10(9)11-7-12(13(19)20)17-16-11/h7,9-10H,5-6,8H2,1-4H3,(H,16,17)(H,19,20). The first-order chi connectivity index (χ1) is 10.2. The number of H-pyrrole nitrogens is 1. The number of piperidine rings is 1. The number of carbonyl (C=O) groups excluding carboxylic acids is 1. The number of nitrogens with one attached hydrogen (secondary N) is 1. The van der Waals surface area contributed by atoms with Crippen LogP contribution < -0.4 is 0 Å². The Kier molecular flexibility index (Phi) is 4.44. The van der Waals surface area contributed by atoms with Crippen LogP contribution in [0.15, 0.2) is 6.07 Å². The van der Waals surface area contributed by atoms with Gasteiger partial charge in [0.05, 0.1) is 0 Å². The fourth-order valence-electron chi connectivity index (χ4n) is 2.74. The van der Waals surface area contributed by atoms with E-state index in [0.717, 1.165) is 12.1 Å². The molecule has 1 aromatic rings. The van der Waals surface area contributed by atoms with E-state index in [0.29, 0.717) is 13.1 Å². The SMILES string of the molecule is CC1CN(C(=O)OC(C)(C)C)CCC1c1cc(C(=O)O)n[nH]1. The van der Waals surface area contributed by atoms with E-state index in [9.17, 15) is 9.59 Å². The number of ether oxygens (including phenoxy) is 1. The van der Waals surface area contributed by atoms with Crippen LogP contribution in [0.5, 0.6) is 0 Å². The minimum atomic E-state index is -1.04. The maximum Gasteiger partial charge on any atom is 0.410 e. The summed E-state index contributed by atoms with van der Waals surface area (Å²) >= 11 is 0. The number of aromatic amines is 1. The molecule has 0 radical (unpaired) electrons. The Morgan fingerprint density at radius 2 is 2.14 bits per heavy atom. The molecule has 1 fully saturated rings. The summed E-state index contributed by atoms with van der Waals surface area (Å²) in [6.07, 6.45) is 0.454. The number of amides is 1. The maximum atomic E-state index is 12.1. The van der Waals surface area contributed by atoms with Gasteiger partial charge in [0, 0.05) is 24.7 Å². The second-order valence-electron chi connectivity index (χ2n) is 6.81. The van der Waals surface area contributed by atoms with Gasteiger partial charge in [-0.05, 0) is 39.2 Å². The molecule has 2 heterocycles. The van der Waals surface area contributed by atoms with Crippen LogP contribution in [-0.4, -0.2) is 51.0 Å². The molecule has 22 heavy (non-hydrogen) atoms. The van der Waals surface area contributed by atoms with Crippen molar-refractivity contribution in [2.75, 3.05) is 13.1 Å². The molecule has 1 saturated heterocycles. The molecule has 7 nitrogen and oxygen atoms in total. The third kappa shape index (κ3) is 3.78. The number of aromatic carboxylic acids is 1. The van der Waals surface area contributed by atoms with Gasteiger partial charge in [0.1, 0.15) is 5.60 Å². The van der Waals surface area contributed by atoms with Crippen molar-refractivity contribution >= 4 is 12.1 Å². The van der Waals surface area contributed by atoms with Gasteiger partial charge in [-0.2, -0.15) is 5.10 Å². The molecule has 0 spiro atoms. The summed E-state index contributed by atoms with van der Waals surface area (Å²) in [4.78, 5) is 24.7. The first kappa shape index (κ1) is 16.3. The molecule has 2 atom stereocenters. The van der Waals surface area contributed by atoms with Gasteiger partial charge in [-0.3, -0.25) is 5.10 Å². The molecule has 1 aliphatic heterocycles. The highest BCUT2D eigenvalue weighted by Gasteiger charge is 2.33. The number of likely N-dealkylation sites (tertiary alicyclic amines) is 1. The summed E-state index contributed by atoms with van der Waals surface area (Å²) in [5.74, 6) is -0.677. The van der Waals surface area contributed by atoms with E-state index in [4.69, 9.17) is 9.84 Å². The minimum absolute atomic E-state index is 0.0248. The van der Waals surface area contributed by atoms with Gasteiger partial charge in [-0.15, -0.1) is 0 Å². The maximum absolute atomic E-state index is 12.1. The number of aromatic nitrogens is 2. The molecule has 2 unspecified atom stereocenters. The van der Waals surface area contributed by atoms with Crippen LogP contribution in [0.25, 0.3) is 0 Å². The van der Waals surface area contributed by atoms with Gasteiger partial charge in [0.15, 0.2) is 5.69 Å². The number of rotatable bonds is 2. The van der Waals surface area contributed by atoms with Gasteiger partial charge in [-0.1, -0.05) is 6.92 Å². The molecule has 1 amide bonds. The number of carbonyl (C=O) groups is 2. The predicted molar refractivity (Wildman–Crippen MR) is 79.9 cm³/mol. The topological polar surface area (TPSA) is 95.5 Å². The summed E-state index contributed by atoms with van der Waals surface area (Å²) in [7, 11) is 0. The largest absolute Gasteiger partial charge is 0.476 e. The third-order valence-electron chi connectivity index (χ3n) is 3.77. The van der Waals surface area contributed by atoms with Gasteiger partial charge >= 0.3 is 12.1 Å². The predicted octanol–water partition coefficient (Wildman–Crippen LogP) is 2.47. The zero-order chi connectivity index (χ0) is 16.5. The molecule has 2 N–H and O–H groups in total. The number of carboxylic acid groups (broad SMARTS) is 1. The molecule has 122 valence electrons. The fraction of sp³-hybridized carbons (Fsp3) is 0.667. The van der Waals surface area contributed by atoms with Gasteiger partial charge in [0.2, 0.25) is 0 Å². The zero-order valence-corrected chi connectivity index (χ0v) is 13.4. The summed E-state index contributed by atoms with van der Waals surface area (Å²) < 4.78 is 5.39. The molecule has 0 aromatic carbocycles. The van der Waals surface area contributed by atoms with Crippen LogP contribution in [0.4, 0.5) is 4.79 Å². The Morgan fingerprint density at radius 1 is 1.45 bits per heavy atom. The minimum Gasteiger partial charge on any atom is -0.476 e. The van der Waals surface area contributed by atoms with Crippen LogP contribution in [0, 0.1) is 5.92 Å². The quantitative estimate of drug-likeness (QED) is 0.875. The molecule has 0 aliphatic carbocycles. The average molecular weight is 309 g/mol. The molecular weight excluding hydrogens is 286 g/mol. The molecule has 1 aromatic heterocycles. The summed E-state index contributed by atoms with van der Waals surface area (Å²) in [6.45, 7) is 8.76. The van der Waals surface area contributed by atoms with E-state index in [1.807, 2.05) is 27.7 Å². The van der Waals surface area contributed by atoms with E-state index >= 15 is 0 Å². The van der Waals surface area contributed by atoms with Crippen molar-refractivity contribution in [3.05, 3.63) is 17.5 Å². The third-order valence-corrected chi connectivity index (χ3v) is 3.77. The second kappa shape index (κ2) is 5.98. The van der Waals surface area contributed by atoms with Crippen molar-refractivity contribution in [3.8, 4) is 0 Å². The van der Waals surface area contributed by atoms with E-state index in [2.05, 4.69) is 10.2 Å². The average Bonchev–Trinajstić information content (AvgIpc) is 2.86. The lowest BCUT2D eigenvalue weighted by atomic mass is 9.84. The lowest BCUT2D eigenvalue weighted by Gasteiger charge is -2.37. The van der Waals surface area contributed by atoms with Crippen LogP contribution in [-0.2, 0) is 4.74 Å². The Bertz CT molecular complexity index is 561. The molecule has 0 bridgehead atoms. The Labute approximate surface area is 129 Å². The first-order valence-electron chi connectivity index (χ1n) is 7.44. The Hall–Kier alpha value is -2.05. The highest BCUT2D eigenvalue weighted by Crippen LogP contribution is 2.32. The summed E-state index contributed by atoms with van der Waals surface area (Å²) in [5, 5.41) is 15.5. The highest BCUT2D eigenvalue weighted by molar-refractivity contribution is 5.85. The molecular formula is C15H23N3O4. The summed E-state index contributed by atoms with van der Waals surface area (Å²) in [5.41, 5.74) is 0.335. The van der Waals surface area contributed by atoms with Crippen molar-refractivity contribution < 1.29 is 19.4 Å². The van der Waals surface area contributed by atoms with E-state index in [1.165, 1.54) is 0 Å². The second-order valence-corrected chi connectivity index (χ2v) is 6.81. The van der Waals surface area contributed by atoms with Gasteiger partial charge in [0.25, 0.3) is 0 Å². The van der Waals surface area contributed by atoms with Crippen molar-refractivity contribution in [3.63, 3.8) is 0 Å². The number of hydrogen-bond acceptors (Lipinski definition) is 4. The van der Waals surface area contributed by atoms with Crippen molar-refractivity contribution in [2.45, 2.75) is 45.6 Å². The Morgan fingerprint density at radius 3 is 2.64 bits per heavy atom. The van der Waals surface area contributed by atoms with E-state index in [1.54, 1.807) is 11.0 Å². The highest BCUT2D eigenvalue weighted by atomic mass is 16.6. The first-order valence-corrected chi connectivity index (χ1v) is 7.44. The fourth-order valence-corrected chi connectivity index (χ4v) is 2.74. The van der Waals surface area contributed by atoms with Crippen molar-refractivity contribution in [1.29, 1.82) is 0 Å². The number of nitrogens with zero attached hydrogens (tertiary/aromatic N) is 2. The van der Waals surface area contributed by atoms with Crippen molar-refractivity contribution in [2.24, 2.45) is 5.92 Å². The van der Waals surface area contributed by atoms with Crippen molar-refractivity contribution in [1.82, 2.24) is 15.1 Å². The Balaban J connectivity index is 2.00. The van der Waals surface area contributed by atoms with Gasteiger partial charge in [-0.25, -0.2) is 9.59 Å². The smallest absolute Gasteiger partial charge is 0.410 e. The molecule has 1 aliphatic rings. The van der Waals surface area contributed by atoms with Crippen LogP contribution >= 0.6 is 0 Å². The number of carboxylic acids is 1. The molecule has 0 saturated carbocycles. The normalized spacial score (nSPS) is 22.5. The lowest BCUT2D eigenvalue weighted by molar-refractivity contribution is 0.0153. The van der Waals surface area contributed by atoms with E-state index in [-0.39, 0.29) is 23.6 Å². The zero-order valence-electron chi connectivity index (χ0n) is 13.4. The van der Waals surface area contributed by atoms with Crippen LogP contribution in [0.2, 0.25) is 0 Å². The monoisotopic (exact) mass is 309 g/mol. The lowest BCUT2D eigenvalue weighted by Crippen LogP contribution is -2.44. The molecule has 7 heteroatoms. The molecule has 2 rings (SSSR count). The van der Waals surface area contributed by atoms with Crippen LogP contribution in [0.1, 0.15) is 56.2 Å². The summed E-state index contributed by atoms with van der Waals surface area (Å²) in [6, 6.07) is 1.58.